The van der Waals surface area contributed by atoms with Crippen molar-refractivity contribution >= 4 is 27.7 Å². The Morgan fingerprint density at radius 3 is 2.95 bits per heavy atom. The number of nitrogens with one attached hydrogen (secondary N) is 2. The van der Waals surface area contributed by atoms with Crippen LogP contribution in [-0.2, 0) is 4.79 Å². The molecule has 19 heavy (non-hydrogen) atoms. The Morgan fingerprint density at radius 1 is 1.58 bits per heavy atom. The molecule has 1 aliphatic heterocycles. The lowest BCUT2D eigenvalue weighted by atomic mass is 9.77. The van der Waals surface area contributed by atoms with E-state index in [4.69, 9.17) is 0 Å². The molecule has 0 radical (unpaired) electrons. The minimum Gasteiger partial charge on any atom is -0.309 e. The molecule has 0 spiro atoms. The summed E-state index contributed by atoms with van der Waals surface area (Å²) in [6.45, 7) is 7.09. The molecule has 2 rings (SSSR count). The zero-order valence-electron chi connectivity index (χ0n) is 11.6. The van der Waals surface area contributed by atoms with Crippen molar-refractivity contribution in [2.75, 3.05) is 11.9 Å². The molecule has 0 aliphatic carbocycles. The van der Waals surface area contributed by atoms with Crippen molar-refractivity contribution in [3.8, 4) is 0 Å². The topological polar surface area (TPSA) is 54.0 Å². The molecule has 0 bridgehead atoms. The summed E-state index contributed by atoms with van der Waals surface area (Å²) in [5.74, 6) is 0.638. The quantitative estimate of drug-likeness (QED) is 0.879. The van der Waals surface area contributed by atoms with Gasteiger partial charge in [-0.05, 0) is 59.3 Å². The normalized spacial score (nSPS) is 22.0. The smallest absolute Gasteiger partial charge is 0.243 e. The molecule has 0 saturated carbocycles. The van der Waals surface area contributed by atoms with Crippen molar-refractivity contribution in [1.29, 1.82) is 0 Å². The fourth-order valence-corrected chi connectivity index (χ4v) is 2.96. The first-order valence-corrected chi connectivity index (χ1v) is 7.36. The van der Waals surface area contributed by atoms with Gasteiger partial charge < -0.3 is 10.6 Å². The fourth-order valence-electron chi connectivity index (χ4n) is 2.52. The average Bonchev–Trinajstić information content (AvgIpc) is 2.32. The van der Waals surface area contributed by atoms with E-state index in [1.54, 1.807) is 6.20 Å². The second kappa shape index (κ2) is 5.59. The summed E-state index contributed by atoms with van der Waals surface area (Å²) in [5, 5.41) is 6.24. The number of pyridine rings is 1. The van der Waals surface area contributed by atoms with Crippen LogP contribution in [0.25, 0.3) is 0 Å². The molecule has 2 N–H and O–H groups in total. The minimum absolute atomic E-state index is 0.00243. The number of amides is 1. The molecule has 1 aromatic heterocycles. The second-order valence-corrected chi connectivity index (χ2v) is 6.70. The number of aromatic nitrogens is 1. The van der Waals surface area contributed by atoms with Gasteiger partial charge in [0.2, 0.25) is 5.91 Å². The average molecular weight is 326 g/mol. The van der Waals surface area contributed by atoms with Gasteiger partial charge in [-0.25, -0.2) is 4.98 Å². The maximum absolute atomic E-state index is 12.4. The molecule has 1 aliphatic rings. The van der Waals surface area contributed by atoms with E-state index >= 15 is 0 Å². The molecular weight excluding hydrogens is 306 g/mol. The molecule has 104 valence electrons. The number of carbonyl (C=O) groups is 1. The predicted molar refractivity (Wildman–Crippen MR) is 80.1 cm³/mol. The van der Waals surface area contributed by atoms with Crippen molar-refractivity contribution in [3.05, 3.63) is 22.3 Å². The first kappa shape index (κ1) is 14.5. The van der Waals surface area contributed by atoms with Gasteiger partial charge in [0.1, 0.15) is 5.82 Å². The first-order valence-electron chi connectivity index (χ1n) is 6.56. The van der Waals surface area contributed by atoms with Crippen molar-refractivity contribution in [1.82, 2.24) is 10.3 Å². The number of piperidine rings is 1. The van der Waals surface area contributed by atoms with Crippen LogP contribution >= 0.6 is 15.9 Å². The first-order chi connectivity index (χ1) is 8.90. The minimum atomic E-state index is -0.161. The van der Waals surface area contributed by atoms with Crippen molar-refractivity contribution in [3.63, 3.8) is 0 Å². The number of nitrogens with zero attached hydrogens (tertiary/aromatic N) is 1. The van der Waals surface area contributed by atoms with E-state index < -0.39 is 0 Å². The van der Waals surface area contributed by atoms with Gasteiger partial charge in [-0.2, -0.15) is 0 Å². The van der Waals surface area contributed by atoms with Gasteiger partial charge in [-0.15, -0.1) is 0 Å². The van der Waals surface area contributed by atoms with Crippen LogP contribution in [0.2, 0.25) is 0 Å². The molecular formula is C14H20BrN3O. The molecule has 1 aromatic rings. The Kier molecular flexibility index (Phi) is 4.26. The van der Waals surface area contributed by atoms with Crippen LogP contribution in [0.1, 0.15) is 32.3 Å². The Balaban J connectivity index is 2.12. The number of carbonyl (C=O) groups excluding carboxylic acids is 1. The Morgan fingerprint density at radius 2 is 2.32 bits per heavy atom. The maximum atomic E-state index is 12.4. The summed E-state index contributed by atoms with van der Waals surface area (Å²) in [6, 6.07) is 1.79. The SMILES string of the molecule is Cc1cc(Br)cnc1NC(=O)C1NCCCC1(C)C. The lowest BCUT2D eigenvalue weighted by Crippen LogP contribution is -2.53. The third-order valence-corrected chi connectivity index (χ3v) is 4.11. The highest BCUT2D eigenvalue weighted by molar-refractivity contribution is 9.10. The Bertz CT molecular complexity index is 488. The van der Waals surface area contributed by atoms with Crippen LogP contribution in [0.3, 0.4) is 0 Å². The number of hydrogen-bond donors (Lipinski definition) is 2. The lowest BCUT2D eigenvalue weighted by Gasteiger charge is -2.38. The summed E-state index contributed by atoms with van der Waals surface area (Å²) in [7, 11) is 0. The van der Waals surface area contributed by atoms with E-state index in [0.717, 1.165) is 29.4 Å². The number of anilines is 1. The number of hydrogen-bond acceptors (Lipinski definition) is 3. The van der Waals surface area contributed by atoms with Crippen LogP contribution in [0.5, 0.6) is 0 Å². The van der Waals surface area contributed by atoms with Gasteiger partial charge in [-0.3, -0.25) is 4.79 Å². The molecule has 5 heteroatoms. The zero-order valence-corrected chi connectivity index (χ0v) is 13.2. The van der Waals surface area contributed by atoms with Gasteiger partial charge in [0.05, 0.1) is 6.04 Å². The maximum Gasteiger partial charge on any atom is 0.243 e. The van der Waals surface area contributed by atoms with Gasteiger partial charge in [0.25, 0.3) is 0 Å². The van der Waals surface area contributed by atoms with Gasteiger partial charge in [0, 0.05) is 10.7 Å². The van der Waals surface area contributed by atoms with Crippen LogP contribution in [0.4, 0.5) is 5.82 Å². The largest absolute Gasteiger partial charge is 0.309 e. The van der Waals surface area contributed by atoms with E-state index in [0.29, 0.717) is 5.82 Å². The molecule has 0 aromatic carbocycles. The number of halogens is 1. The zero-order chi connectivity index (χ0) is 14.0. The van der Waals surface area contributed by atoms with Crippen molar-refractivity contribution in [2.45, 2.75) is 39.7 Å². The molecule has 1 amide bonds. The summed E-state index contributed by atoms with van der Waals surface area (Å²) >= 11 is 3.37. The number of rotatable bonds is 2. The predicted octanol–water partition coefficient (Wildman–Crippen LogP) is 2.87. The van der Waals surface area contributed by atoms with E-state index in [-0.39, 0.29) is 17.4 Å². The highest BCUT2D eigenvalue weighted by atomic mass is 79.9. The summed E-state index contributed by atoms with van der Waals surface area (Å²) in [6.07, 6.45) is 3.87. The third kappa shape index (κ3) is 3.34. The van der Waals surface area contributed by atoms with Gasteiger partial charge in [-0.1, -0.05) is 13.8 Å². The number of aryl methyl sites for hydroxylation is 1. The van der Waals surface area contributed by atoms with E-state index in [9.17, 15) is 4.79 Å². The highest BCUT2D eigenvalue weighted by Crippen LogP contribution is 2.30. The molecule has 1 saturated heterocycles. The standard InChI is InChI=1S/C14H20BrN3O/c1-9-7-10(15)8-17-12(9)18-13(19)11-14(2,3)5-4-6-16-11/h7-8,11,16H,4-6H2,1-3H3,(H,17,18,19). The molecule has 1 unspecified atom stereocenters. The third-order valence-electron chi connectivity index (χ3n) is 3.68. The molecule has 1 atom stereocenters. The van der Waals surface area contributed by atoms with E-state index in [1.807, 2.05) is 13.0 Å². The molecule has 4 nitrogen and oxygen atoms in total. The summed E-state index contributed by atoms with van der Waals surface area (Å²) in [4.78, 5) is 16.6. The van der Waals surface area contributed by atoms with Gasteiger partial charge >= 0.3 is 0 Å². The Labute approximate surface area is 122 Å². The van der Waals surface area contributed by atoms with Crippen LogP contribution in [0, 0.1) is 12.3 Å². The van der Waals surface area contributed by atoms with Gasteiger partial charge in [0.15, 0.2) is 0 Å². The monoisotopic (exact) mass is 325 g/mol. The molecule has 2 heterocycles. The van der Waals surface area contributed by atoms with E-state index in [2.05, 4.69) is 45.4 Å². The summed E-state index contributed by atoms with van der Waals surface area (Å²) in [5.41, 5.74) is 0.933. The van der Waals surface area contributed by atoms with Crippen molar-refractivity contribution in [2.24, 2.45) is 5.41 Å². The van der Waals surface area contributed by atoms with Crippen LogP contribution < -0.4 is 10.6 Å². The van der Waals surface area contributed by atoms with Crippen LogP contribution in [-0.4, -0.2) is 23.5 Å². The second-order valence-electron chi connectivity index (χ2n) is 5.79. The molecule has 1 fully saturated rings. The fraction of sp³-hybridized carbons (Fsp3) is 0.571. The summed E-state index contributed by atoms with van der Waals surface area (Å²) < 4.78 is 0.916. The van der Waals surface area contributed by atoms with Crippen LogP contribution in [0.15, 0.2) is 16.7 Å². The highest BCUT2D eigenvalue weighted by Gasteiger charge is 2.37. The Hall–Kier alpha value is -0.940. The lowest BCUT2D eigenvalue weighted by molar-refractivity contribution is -0.121. The van der Waals surface area contributed by atoms with Crippen molar-refractivity contribution < 1.29 is 4.79 Å². The van der Waals surface area contributed by atoms with E-state index in [1.165, 1.54) is 0 Å².